The second-order valence-corrected chi connectivity index (χ2v) is 8.71. The van der Waals surface area contributed by atoms with E-state index in [0.717, 1.165) is 38.8 Å². The third-order valence-electron chi connectivity index (χ3n) is 4.83. The lowest BCUT2D eigenvalue weighted by Gasteiger charge is -2.21. The molecule has 4 aromatic rings. The maximum atomic E-state index is 12.7. The molecule has 5 nitrogen and oxygen atoms in total. The average molecular weight is 452 g/mol. The lowest BCUT2D eigenvalue weighted by molar-refractivity contribution is 0.0997. The number of hydrogen-bond donors (Lipinski definition) is 2. The van der Waals surface area contributed by atoms with Gasteiger partial charge >= 0.3 is 0 Å². The van der Waals surface area contributed by atoms with Gasteiger partial charge in [0, 0.05) is 21.7 Å². The van der Waals surface area contributed by atoms with Gasteiger partial charge in [-0.05, 0) is 66.9 Å². The minimum Gasteiger partial charge on any atom is -0.459 e. The van der Waals surface area contributed by atoms with Crippen molar-refractivity contribution < 1.29 is 9.21 Å². The average Bonchev–Trinajstić information content (AvgIpc) is 3.42. The molecule has 0 aliphatic rings. The van der Waals surface area contributed by atoms with E-state index in [0.29, 0.717) is 5.02 Å². The van der Waals surface area contributed by atoms with E-state index in [-0.39, 0.29) is 17.7 Å². The van der Waals surface area contributed by atoms with Crippen molar-refractivity contribution in [1.82, 2.24) is 4.98 Å². The molecule has 0 saturated carbocycles. The highest BCUT2D eigenvalue weighted by molar-refractivity contribution is 7.16. The van der Waals surface area contributed by atoms with Gasteiger partial charge in [0.25, 0.3) is 5.91 Å². The molecule has 0 bridgehead atoms. The van der Waals surface area contributed by atoms with Crippen LogP contribution in [0.2, 0.25) is 5.02 Å². The second-order valence-electron chi connectivity index (χ2n) is 7.13. The number of thiophene rings is 1. The van der Waals surface area contributed by atoms with E-state index in [2.05, 4.69) is 28.6 Å². The first-order chi connectivity index (χ1) is 15.0. The van der Waals surface area contributed by atoms with E-state index in [1.165, 1.54) is 6.26 Å². The maximum Gasteiger partial charge on any atom is 0.291 e. The number of nitrogens with one attached hydrogen (secondary N) is 2. The minimum atomic E-state index is -0.283. The van der Waals surface area contributed by atoms with E-state index in [4.69, 9.17) is 16.0 Å². The third-order valence-corrected chi connectivity index (χ3v) is 6.28. The first-order valence-corrected chi connectivity index (χ1v) is 11.1. The van der Waals surface area contributed by atoms with Crippen molar-refractivity contribution in [3.05, 3.63) is 99.4 Å². The number of aromatic nitrogens is 1. The van der Waals surface area contributed by atoms with Crippen molar-refractivity contribution in [2.75, 3.05) is 10.6 Å². The van der Waals surface area contributed by atoms with Crippen LogP contribution in [0.25, 0.3) is 0 Å². The van der Waals surface area contributed by atoms with Gasteiger partial charge in [0.05, 0.1) is 12.3 Å². The van der Waals surface area contributed by atoms with Crippen molar-refractivity contribution in [3.63, 3.8) is 0 Å². The molecular formula is C24H22ClN3O2S. The van der Waals surface area contributed by atoms with Crippen LogP contribution >= 0.6 is 22.9 Å². The van der Waals surface area contributed by atoms with Gasteiger partial charge < -0.3 is 15.1 Å². The standard InChI is InChI=1S/C24H22ClN3O2S/c1-3-18-14-19(24(31-18)28-23(29)20-8-5-11-30-20)22(16-6-4-7-17(25)13-16)27-21-12-15(2)9-10-26-21/h4-14,22H,3H2,1-2H3,(H,26,27)(H,28,29)/t22-/m1/s1. The van der Waals surface area contributed by atoms with Gasteiger partial charge in [0.2, 0.25) is 0 Å². The monoisotopic (exact) mass is 451 g/mol. The molecule has 0 saturated heterocycles. The summed E-state index contributed by atoms with van der Waals surface area (Å²) in [5.74, 6) is 0.733. The van der Waals surface area contributed by atoms with Crippen LogP contribution in [0.4, 0.5) is 10.8 Å². The van der Waals surface area contributed by atoms with Crippen molar-refractivity contribution >= 4 is 39.7 Å². The number of halogens is 1. The van der Waals surface area contributed by atoms with Crippen LogP contribution < -0.4 is 10.6 Å². The minimum absolute atomic E-state index is 0.253. The number of pyridine rings is 1. The Morgan fingerprint density at radius 1 is 1.19 bits per heavy atom. The quantitative estimate of drug-likeness (QED) is 0.327. The van der Waals surface area contributed by atoms with Crippen LogP contribution in [-0.2, 0) is 6.42 Å². The zero-order valence-electron chi connectivity index (χ0n) is 17.2. The van der Waals surface area contributed by atoms with Crippen LogP contribution in [0.15, 0.2) is 71.5 Å². The predicted octanol–water partition coefficient (Wildman–Crippen LogP) is 6.71. The first-order valence-electron chi connectivity index (χ1n) is 9.95. The Morgan fingerprint density at radius 3 is 2.77 bits per heavy atom. The molecule has 0 unspecified atom stereocenters. The molecule has 4 rings (SSSR count). The van der Waals surface area contributed by atoms with Crippen molar-refractivity contribution in [3.8, 4) is 0 Å². The fraction of sp³-hybridized carbons (Fsp3) is 0.167. The highest BCUT2D eigenvalue weighted by Gasteiger charge is 2.23. The van der Waals surface area contributed by atoms with Crippen LogP contribution in [0.1, 0.15) is 45.1 Å². The topological polar surface area (TPSA) is 67.2 Å². The van der Waals surface area contributed by atoms with E-state index in [1.54, 1.807) is 29.7 Å². The summed E-state index contributed by atoms with van der Waals surface area (Å²) in [6.07, 6.45) is 4.12. The molecule has 0 fully saturated rings. The Morgan fingerprint density at radius 2 is 2.06 bits per heavy atom. The lowest BCUT2D eigenvalue weighted by atomic mass is 9.99. The lowest BCUT2D eigenvalue weighted by Crippen LogP contribution is -2.17. The number of rotatable bonds is 7. The number of amides is 1. The summed E-state index contributed by atoms with van der Waals surface area (Å²) in [4.78, 5) is 18.3. The largest absolute Gasteiger partial charge is 0.459 e. The van der Waals surface area contributed by atoms with Gasteiger partial charge in [-0.2, -0.15) is 0 Å². The molecule has 2 N–H and O–H groups in total. The number of hydrogen-bond acceptors (Lipinski definition) is 5. The number of furan rings is 1. The van der Waals surface area contributed by atoms with Crippen molar-refractivity contribution in [1.29, 1.82) is 0 Å². The molecule has 0 spiro atoms. The van der Waals surface area contributed by atoms with Gasteiger partial charge in [-0.1, -0.05) is 30.7 Å². The molecule has 3 aromatic heterocycles. The SMILES string of the molecule is CCc1cc([C@H](Nc2cc(C)ccn2)c2cccc(Cl)c2)c(NC(=O)c2ccco2)s1. The number of benzene rings is 1. The molecule has 158 valence electrons. The summed E-state index contributed by atoms with van der Waals surface area (Å²) >= 11 is 7.86. The number of anilines is 2. The Labute approximate surface area is 190 Å². The molecule has 1 atom stereocenters. The van der Waals surface area contributed by atoms with Gasteiger partial charge in [-0.15, -0.1) is 11.3 Å². The van der Waals surface area contributed by atoms with Gasteiger partial charge in [-0.25, -0.2) is 4.98 Å². The summed E-state index contributed by atoms with van der Waals surface area (Å²) in [6, 6.07) is 16.9. The van der Waals surface area contributed by atoms with E-state index < -0.39 is 0 Å². The number of aryl methyl sites for hydroxylation is 2. The Kier molecular flexibility index (Phi) is 6.39. The highest BCUT2D eigenvalue weighted by atomic mass is 35.5. The van der Waals surface area contributed by atoms with Crippen LogP contribution in [0.3, 0.4) is 0 Å². The normalized spacial score (nSPS) is 11.8. The number of carbonyl (C=O) groups excluding carboxylic acids is 1. The maximum absolute atomic E-state index is 12.7. The number of carbonyl (C=O) groups is 1. The molecule has 1 aromatic carbocycles. The summed E-state index contributed by atoms with van der Waals surface area (Å²) < 4.78 is 5.26. The molecule has 0 aliphatic heterocycles. The summed E-state index contributed by atoms with van der Waals surface area (Å²) in [7, 11) is 0. The summed E-state index contributed by atoms with van der Waals surface area (Å²) in [5, 5.41) is 7.96. The third kappa shape index (κ3) is 4.98. The Hall–Kier alpha value is -3.09. The Bertz CT molecular complexity index is 1190. The van der Waals surface area contributed by atoms with E-state index in [9.17, 15) is 4.79 Å². The van der Waals surface area contributed by atoms with Gasteiger partial charge in [-0.3, -0.25) is 4.79 Å². The zero-order valence-corrected chi connectivity index (χ0v) is 18.8. The second kappa shape index (κ2) is 9.37. The van der Waals surface area contributed by atoms with Crippen LogP contribution in [0, 0.1) is 6.92 Å². The van der Waals surface area contributed by atoms with Gasteiger partial charge in [0.1, 0.15) is 10.8 Å². The zero-order chi connectivity index (χ0) is 21.8. The predicted molar refractivity (Wildman–Crippen MR) is 126 cm³/mol. The molecule has 1 amide bonds. The van der Waals surface area contributed by atoms with Gasteiger partial charge in [0.15, 0.2) is 5.76 Å². The summed E-state index contributed by atoms with van der Waals surface area (Å²) in [6.45, 7) is 4.12. The highest BCUT2D eigenvalue weighted by Crippen LogP contribution is 2.38. The van der Waals surface area contributed by atoms with Crippen molar-refractivity contribution in [2.24, 2.45) is 0 Å². The van der Waals surface area contributed by atoms with E-state index >= 15 is 0 Å². The van der Waals surface area contributed by atoms with Crippen molar-refractivity contribution in [2.45, 2.75) is 26.3 Å². The molecule has 0 aliphatic carbocycles. The smallest absolute Gasteiger partial charge is 0.291 e. The van der Waals surface area contributed by atoms with Crippen LogP contribution in [-0.4, -0.2) is 10.9 Å². The number of nitrogens with zero attached hydrogens (tertiary/aromatic N) is 1. The molecule has 7 heteroatoms. The summed E-state index contributed by atoms with van der Waals surface area (Å²) in [5.41, 5.74) is 3.03. The fourth-order valence-electron chi connectivity index (χ4n) is 3.31. The molecular weight excluding hydrogens is 430 g/mol. The van der Waals surface area contributed by atoms with E-state index in [1.807, 2.05) is 43.3 Å². The van der Waals surface area contributed by atoms with Crippen LogP contribution in [0.5, 0.6) is 0 Å². The first kappa shape index (κ1) is 21.2. The fourth-order valence-corrected chi connectivity index (χ4v) is 4.54. The molecule has 0 radical (unpaired) electrons. The molecule has 31 heavy (non-hydrogen) atoms. The molecule has 3 heterocycles. The Balaban J connectivity index is 1.76.